The SMILES string of the molecule is Cc1ccc(CS(=O)Cc2csc(-c3ccccn3)n2)cc1C. The van der Waals surface area contributed by atoms with E-state index in [0.717, 1.165) is 22.0 Å². The van der Waals surface area contributed by atoms with Crippen molar-refractivity contribution < 1.29 is 4.21 Å². The normalized spacial score (nSPS) is 12.3. The predicted octanol–water partition coefficient (Wildman–Crippen LogP) is 4.27. The van der Waals surface area contributed by atoms with Crippen molar-refractivity contribution in [3.8, 4) is 10.7 Å². The third-order valence-electron chi connectivity index (χ3n) is 3.64. The van der Waals surface area contributed by atoms with Crippen LogP contribution < -0.4 is 0 Å². The van der Waals surface area contributed by atoms with E-state index in [4.69, 9.17) is 0 Å². The molecule has 0 aliphatic rings. The lowest BCUT2D eigenvalue weighted by Gasteiger charge is -2.05. The molecule has 0 aliphatic heterocycles. The number of hydrogen-bond donors (Lipinski definition) is 0. The minimum atomic E-state index is -0.956. The van der Waals surface area contributed by atoms with Crippen molar-refractivity contribution in [3.05, 3.63) is 70.4 Å². The fraction of sp³-hybridized carbons (Fsp3) is 0.222. The third-order valence-corrected chi connectivity index (χ3v) is 5.83. The summed E-state index contributed by atoms with van der Waals surface area (Å²) < 4.78 is 12.4. The van der Waals surface area contributed by atoms with Gasteiger partial charge in [-0.05, 0) is 42.7 Å². The van der Waals surface area contributed by atoms with Crippen molar-refractivity contribution in [2.45, 2.75) is 25.4 Å². The van der Waals surface area contributed by atoms with Gasteiger partial charge in [0, 0.05) is 28.1 Å². The zero-order chi connectivity index (χ0) is 16.2. The molecule has 118 valence electrons. The Morgan fingerprint density at radius 3 is 2.70 bits per heavy atom. The van der Waals surface area contributed by atoms with Gasteiger partial charge in [-0.1, -0.05) is 24.3 Å². The van der Waals surface area contributed by atoms with Gasteiger partial charge in [-0.25, -0.2) is 4.98 Å². The molecule has 0 amide bonds. The fourth-order valence-corrected chi connectivity index (χ4v) is 4.31. The van der Waals surface area contributed by atoms with E-state index in [1.807, 2.05) is 23.6 Å². The Kier molecular flexibility index (Phi) is 4.98. The van der Waals surface area contributed by atoms with E-state index in [9.17, 15) is 4.21 Å². The summed E-state index contributed by atoms with van der Waals surface area (Å²) in [6.07, 6.45) is 1.76. The molecule has 0 N–H and O–H groups in total. The molecule has 1 unspecified atom stereocenters. The lowest BCUT2D eigenvalue weighted by Crippen LogP contribution is -2.00. The van der Waals surface area contributed by atoms with E-state index in [2.05, 4.69) is 42.0 Å². The zero-order valence-corrected chi connectivity index (χ0v) is 14.8. The Labute approximate surface area is 142 Å². The topological polar surface area (TPSA) is 42.9 Å². The average Bonchev–Trinajstić information content (AvgIpc) is 3.00. The summed E-state index contributed by atoms with van der Waals surface area (Å²) in [7, 11) is -0.956. The molecule has 2 heterocycles. The number of hydrogen-bond acceptors (Lipinski definition) is 4. The average molecular weight is 342 g/mol. The molecule has 2 aromatic heterocycles. The van der Waals surface area contributed by atoms with Gasteiger partial charge in [0.05, 0.1) is 17.1 Å². The van der Waals surface area contributed by atoms with Gasteiger partial charge in [0.1, 0.15) is 5.01 Å². The molecule has 0 radical (unpaired) electrons. The highest BCUT2D eigenvalue weighted by Gasteiger charge is 2.09. The number of benzene rings is 1. The van der Waals surface area contributed by atoms with Crippen molar-refractivity contribution in [2.75, 3.05) is 0 Å². The van der Waals surface area contributed by atoms with Crippen molar-refractivity contribution >= 4 is 22.1 Å². The fourth-order valence-electron chi connectivity index (χ4n) is 2.28. The molecule has 3 aromatic rings. The second-order valence-electron chi connectivity index (χ2n) is 5.51. The number of rotatable bonds is 5. The molecule has 5 heteroatoms. The molecule has 3 rings (SSSR count). The molecule has 1 aromatic carbocycles. The minimum Gasteiger partial charge on any atom is -0.259 e. The van der Waals surface area contributed by atoms with Crippen LogP contribution in [-0.4, -0.2) is 14.2 Å². The zero-order valence-electron chi connectivity index (χ0n) is 13.2. The number of aryl methyl sites for hydroxylation is 2. The molecule has 0 saturated heterocycles. The van der Waals surface area contributed by atoms with Crippen LogP contribution in [0.3, 0.4) is 0 Å². The summed E-state index contributed by atoms with van der Waals surface area (Å²) in [5.74, 6) is 1.05. The Morgan fingerprint density at radius 2 is 1.96 bits per heavy atom. The summed E-state index contributed by atoms with van der Waals surface area (Å²) in [4.78, 5) is 8.86. The Hall–Kier alpha value is -1.85. The van der Waals surface area contributed by atoms with E-state index in [-0.39, 0.29) is 0 Å². The Bertz CT molecular complexity index is 828. The molecule has 3 nitrogen and oxygen atoms in total. The monoisotopic (exact) mass is 342 g/mol. The maximum atomic E-state index is 12.4. The maximum absolute atomic E-state index is 12.4. The summed E-state index contributed by atoms with van der Waals surface area (Å²) in [5, 5.41) is 2.85. The number of pyridine rings is 1. The van der Waals surface area contributed by atoms with Gasteiger partial charge >= 0.3 is 0 Å². The second-order valence-corrected chi connectivity index (χ2v) is 7.82. The molecule has 0 spiro atoms. The first-order valence-electron chi connectivity index (χ1n) is 7.39. The van der Waals surface area contributed by atoms with Crippen LogP contribution in [0.2, 0.25) is 0 Å². The van der Waals surface area contributed by atoms with Gasteiger partial charge < -0.3 is 0 Å². The van der Waals surface area contributed by atoms with E-state index < -0.39 is 10.8 Å². The number of nitrogens with zero attached hydrogens (tertiary/aromatic N) is 2. The molecule has 0 bridgehead atoms. The van der Waals surface area contributed by atoms with Crippen LogP contribution in [0.25, 0.3) is 10.7 Å². The van der Waals surface area contributed by atoms with Crippen LogP contribution in [0.15, 0.2) is 48.0 Å². The lowest BCUT2D eigenvalue weighted by molar-refractivity contribution is 0.681. The molecule has 23 heavy (non-hydrogen) atoms. The first-order valence-corrected chi connectivity index (χ1v) is 9.75. The highest BCUT2D eigenvalue weighted by atomic mass is 32.2. The van der Waals surface area contributed by atoms with Gasteiger partial charge in [-0.2, -0.15) is 0 Å². The van der Waals surface area contributed by atoms with E-state index in [1.54, 1.807) is 17.5 Å². The number of thiazole rings is 1. The molecular weight excluding hydrogens is 324 g/mol. The summed E-state index contributed by atoms with van der Waals surface area (Å²) >= 11 is 1.55. The van der Waals surface area contributed by atoms with Crippen molar-refractivity contribution in [2.24, 2.45) is 0 Å². The van der Waals surface area contributed by atoms with Crippen molar-refractivity contribution in [1.29, 1.82) is 0 Å². The maximum Gasteiger partial charge on any atom is 0.142 e. The molecule has 1 atom stereocenters. The van der Waals surface area contributed by atoms with Gasteiger partial charge in [-0.3, -0.25) is 9.19 Å². The van der Waals surface area contributed by atoms with E-state index in [0.29, 0.717) is 11.5 Å². The molecular formula is C18H18N2OS2. The van der Waals surface area contributed by atoms with Crippen LogP contribution >= 0.6 is 11.3 Å². The van der Waals surface area contributed by atoms with Crippen molar-refractivity contribution in [1.82, 2.24) is 9.97 Å². The van der Waals surface area contributed by atoms with Crippen LogP contribution in [0.1, 0.15) is 22.4 Å². The smallest absolute Gasteiger partial charge is 0.142 e. The van der Waals surface area contributed by atoms with Gasteiger partial charge in [-0.15, -0.1) is 11.3 Å². The van der Waals surface area contributed by atoms with Gasteiger partial charge in [0.2, 0.25) is 0 Å². The van der Waals surface area contributed by atoms with Gasteiger partial charge in [0.15, 0.2) is 0 Å². The summed E-state index contributed by atoms with van der Waals surface area (Å²) in [6.45, 7) is 4.17. The molecule has 0 fully saturated rings. The second kappa shape index (κ2) is 7.15. The highest BCUT2D eigenvalue weighted by Crippen LogP contribution is 2.22. The lowest BCUT2D eigenvalue weighted by atomic mass is 10.1. The first-order chi connectivity index (χ1) is 11.1. The quantitative estimate of drug-likeness (QED) is 0.695. The Morgan fingerprint density at radius 1 is 1.09 bits per heavy atom. The van der Waals surface area contributed by atoms with E-state index >= 15 is 0 Å². The predicted molar refractivity (Wildman–Crippen MR) is 96.8 cm³/mol. The van der Waals surface area contributed by atoms with Gasteiger partial charge in [0.25, 0.3) is 0 Å². The molecule has 0 saturated carbocycles. The minimum absolute atomic E-state index is 0.482. The standard InChI is InChI=1S/C18H18N2OS2/c1-13-6-7-15(9-14(13)2)11-23(21)12-16-10-22-18(20-16)17-5-3-4-8-19-17/h3-10H,11-12H2,1-2H3. The summed E-state index contributed by atoms with van der Waals surface area (Å²) in [6, 6.07) is 12.0. The Balaban J connectivity index is 1.66. The third kappa shape index (κ3) is 4.12. The molecule has 0 aliphatic carbocycles. The number of aromatic nitrogens is 2. The van der Waals surface area contributed by atoms with Crippen LogP contribution in [0, 0.1) is 13.8 Å². The summed E-state index contributed by atoms with van der Waals surface area (Å²) in [5.41, 5.74) is 5.36. The van der Waals surface area contributed by atoms with Crippen molar-refractivity contribution in [3.63, 3.8) is 0 Å². The highest BCUT2D eigenvalue weighted by molar-refractivity contribution is 7.83. The van der Waals surface area contributed by atoms with E-state index in [1.165, 1.54) is 11.1 Å². The largest absolute Gasteiger partial charge is 0.259 e. The first kappa shape index (κ1) is 16.0. The van der Waals surface area contributed by atoms with Crippen LogP contribution in [0.4, 0.5) is 0 Å². The van der Waals surface area contributed by atoms with Crippen LogP contribution in [0.5, 0.6) is 0 Å². The van der Waals surface area contributed by atoms with Crippen LogP contribution in [-0.2, 0) is 22.3 Å².